The Morgan fingerprint density at radius 2 is 1.93 bits per heavy atom. The first-order chi connectivity index (χ1) is 6.77. The van der Waals surface area contributed by atoms with Crippen molar-refractivity contribution in [2.75, 3.05) is 0 Å². The number of hydrogen-bond donors (Lipinski definition) is 0. The second-order valence-corrected chi connectivity index (χ2v) is 4.69. The minimum Gasteiger partial charge on any atom is -0.340 e. The van der Waals surface area contributed by atoms with Crippen molar-refractivity contribution >= 4 is 31.6 Å². The largest absolute Gasteiger partial charge is 0.340 e. The van der Waals surface area contributed by atoms with Gasteiger partial charge in [0.05, 0.1) is 0 Å². The van der Waals surface area contributed by atoms with Crippen LogP contribution in [0.5, 0.6) is 0 Å². The molecule has 0 bridgehead atoms. The summed E-state index contributed by atoms with van der Waals surface area (Å²) in [5, 5.41) is 2.78. The quantitative estimate of drug-likeness (QED) is 0.522. The molecular formula is C12H11NS. The smallest absolute Gasteiger partial charge is 0.103 e. The maximum atomic E-state index is 2.27. The van der Waals surface area contributed by atoms with Crippen LogP contribution in [0, 0.1) is 6.92 Å². The molecule has 0 aliphatic rings. The predicted molar refractivity (Wildman–Crippen MR) is 63.0 cm³/mol. The molecule has 0 spiro atoms. The summed E-state index contributed by atoms with van der Waals surface area (Å²) in [5.74, 6) is 0. The molecule has 1 aromatic carbocycles. The van der Waals surface area contributed by atoms with Crippen molar-refractivity contribution in [2.45, 2.75) is 6.92 Å². The predicted octanol–water partition coefficient (Wildman–Crippen LogP) is 3.70. The van der Waals surface area contributed by atoms with Crippen LogP contribution in [0.1, 0.15) is 5.69 Å². The SMILES string of the molecule is Cc1cc2c3ccccc3sc2n1C. The first-order valence-electron chi connectivity index (χ1n) is 4.71. The van der Waals surface area contributed by atoms with E-state index >= 15 is 0 Å². The van der Waals surface area contributed by atoms with Gasteiger partial charge in [0.1, 0.15) is 4.83 Å². The molecule has 0 fully saturated rings. The second-order valence-electron chi connectivity index (χ2n) is 3.66. The zero-order valence-corrected chi connectivity index (χ0v) is 9.06. The van der Waals surface area contributed by atoms with Crippen LogP contribution in [0.25, 0.3) is 20.3 Å². The average molecular weight is 201 g/mol. The van der Waals surface area contributed by atoms with Gasteiger partial charge in [-0.15, -0.1) is 11.3 Å². The summed E-state index contributed by atoms with van der Waals surface area (Å²) in [6.07, 6.45) is 0. The number of fused-ring (bicyclic) bond motifs is 3. The number of nitrogens with zero attached hydrogens (tertiary/aromatic N) is 1. The van der Waals surface area contributed by atoms with Crippen LogP contribution in [0.15, 0.2) is 30.3 Å². The molecule has 70 valence electrons. The van der Waals surface area contributed by atoms with Crippen LogP contribution < -0.4 is 0 Å². The second kappa shape index (κ2) is 2.61. The van der Waals surface area contributed by atoms with Crippen LogP contribution in [0.2, 0.25) is 0 Å². The topological polar surface area (TPSA) is 4.93 Å². The zero-order valence-electron chi connectivity index (χ0n) is 8.24. The van der Waals surface area contributed by atoms with Crippen molar-refractivity contribution in [2.24, 2.45) is 7.05 Å². The number of aryl methyl sites for hydroxylation is 2. The van der Waals surface area contributed by atoms with Gasteiger partial charge in [-0.3, -0.25) is 0 Å². The van der Waals surface area contributed by atoms with Crippen molar-refractivity contribution in [3.05, 3.63) is 36.0 Å². The summed E-state index contributed by atoms with van der Waals surface area (Å²) in [7, 11) is 2.13. The van der Waals surface area contributed by atoms with Gasteiger partial charge in [0.25, 0.3) is 0 Å². The Balaban J connectivity index is 2.60. The van der Waals surface area contributed by atoms with Crippen LogP contribution in [-0.4, -0.2) is 4.57 Å². The summed E-state index contributed by atoms with van der Waals surface area (Å²) in [6.45, 7) is 2.15. The summed E-state index contributed by atoms with van der Waals surface area (Å²) < 4.78 is 3.65. The Labute approximate surface area is 86.6 Å². The van der Waals surface area contributed by atoms with Gasteiger partial charge in [-0.2, -0.15) is 0 Å². The third-order valence-corrected chi connectivity index (χ3v) is 4.06. The van der Waals surface area contributed by atoms with Crippen LogP contribution in [0.4, 0.5) is 0 Å². The van der Waals surface area contributed by atoms with Crippen molar-refractivity contribution in [3.8, 4) is 0 Å². The van der Waals surface area contributed by atoms with E-state index in [1.165, 1.54) is 26.0 Å². The number of thiophene rings is 1. The van der Waals surface area contributed by atoms with Gasteiger partial charge in [-0.1, -0.05) is 18.2 Å². The van der Waals surface area contributed by atoms with E-state index in [1.807, 2.05) is 11.3 Å². The van der Waals surface area contributed by atoms with Gasteiger partial charge in [0.2, 0.25) is 0 Å². The molecule has 0 saturated carbocycles. The molecule has 0 amide bonds. The molecule has 0 N–H and O–H groups in total. The van der Waals surface area contributed by atoms with Gasteiger partial charge in [-0.05, 0) is 19.1 Å². The van der Waals surface area contributed by atoms with E-state index in [-0.39, 0.29) is 0 Å². The van der Waals surface area contributed by atoms with Crippen LogP contribution in [-0.2, 0) is 7.05 Å². The Bertz CT molecular complexity index is 616. The zero-order chi connectivity index (χ0) is 9.71. The molecular weight excluding hydrogens is 190 g/mol. The highest BCUT2D eigenvalue weighted by molar-refractivity contribution is 7.25. The first kappa shape index (κ1) is 8.06. The van der Waals surface area contributed by atoms with Gasteiger partial charge < -0.3 is 4.57 Å². The molecule has 0 aliphatic heterocycles. The molecule has 0 saturated heterocycles. The van der Waals surface area contributed by atoms with E-state index in [0.717, 1.165) is 0 Å². The molecule has 2 heteroatoms. The molecule has 2 heterocycles. The molecule has 0 radical (unpaired) electrons. The highest BCUT2D eigenvalue weighted by Gasteiger charge is 2.08. The standard InChI is InChI=1S/C12H11NS/c1-8-7-10-9-5-3-4-6-11(9)14-12(10)13(8)2/h3-7H,1-2H3. The van der Waals surface area contributed by atoms with Gasteiger partial charge >= 0.3 is 0 Å². The molecule has 1 nitrogen and oxygen atoms in total. The van der Waals surface area contributed by atoms with Crippen molar-refractivity contribution < 1.29 is 0 Å². The summed E-state index contributed by atoms with van der Waals surface area (Å²) in [6, 6.07) is 10.9. The molecule has 3 aromatic rings. The van der Waals surface area contributed by atoms with E-state index in [2.05, 4.69) is 48.9 Å². The normalized spacial score (nSPS) is 11.6. The fourth-order valence-electron chi connectivity index (χ4n) is 1.91. The lowest BCUT2D eigenvalue weighted by atomic mass is 10.2. The molecule has 0 atom stereocenters. The van der Waals surface area contributed by atoms with Gasteiger partial charge in [0.15, 0.2) is 0 Å². The van der Waals surface area contributed by atoms with Crippen LogP contribution >= 0.6 is 11.3 Å². The molecule has 14 heavy (non-hydrogen) atoms. The Hall–Kier alpha value is -1.28. The number of benzene rings is 1. The Morgan fingerprint density at radius 3 is 2.79 bits per heavy atom. The van der Waals surface area contributed by atoms with E-state index < -0.39 is 0 Å². The molecule has 0 aliphatic carbocycles. The average Bonchev–Trinajstić information content (AvgIpc) is 2.67. The van der Waals surface area contributed by atoms with E-state index in [0.29, 0.717) is 0 Å². The maximum Gasteiger partial charge on any atom is 0.103 e. The summed E-state index contributed by atoms with van der Waals surface area (Å²) >= 11 is 1.87. The molecule has 0 unspecified atom stereocenters. The monoisotopic (exact) mass is 201 g/mol. The van der Waals surface area contributed by atoms with E-state index in [9.17, 15) is 0 Å². The number of rotatable bonds is 0. The Morgan fingerprint density at radius 1 is 1.14 bits per heavy atom. The van der Waals surface area contributed by atoms with Crippen LogP contribution in [0.3, 0.4) is 0 Å². The maximum absolute atomic E-state index is 2.27. The summed E-state index contributed by atoms with van der Waals surface area (Å²) in [5.41, 5.74) is 1.33. The lowest BCUT2D eigenvalue weighted by Gasteiger charge is -1.93. The van der Waals surface area contributed by atoms with Crippen molar-refractivity contribution in [3.63, 3.8) is 0 Å². The first-order valence-corrected chi connectivity index (χ1v) is 5.52. The van der Waals surface area contributed by atoms with Crippen molar-refractivity contribution in [1.82, 2.24) is 4.57 Å². The fourth-order valence-corrected chi connectivity index (χ4v) is 3.11. The van der Waals surface area contributed by atoms with E-state index in [1.54, 1.807) is 0 Å². The minimum atomic E-state index is 1.33. The lowest BCUT2D eigenvalue weighted by molar-refractivity contribution is 0.925. The minimum absolute atomic E-state index is 1.33. The highest BCUT2D eigenvalue weighted by atomic mass is 32.1. The van der Waals surface area contributed by atoms with E-state index in [4.69, 9.17) is 0 Å². The third kappa shape index (κ3) is 0.891. The fraction of sp³-hybridized carbons (Fsp3) is 0.167. The lowest BCUT2D eigenvalue weighted by Crippen LogP contribution is -1.86. The highest BCUT2D eigenvalue weighted by Crippen LogP contribution is 2.34. The van der Waals surface area contributed by atoms with Gasteiger partial charge in [0, 0.05) is 28.2 Å². The molecule has 2 aromatic heterocycles. The Kier molecular flexibility index (Phi) is 1.50. The summed E-state index contributed by atoms with van der Waals surface area (Å²) in [4.78, 5) is 1.38. The van der Waals surface area contributed by atoms with Gasteiger partial charge in [-0.25, -0.2) is 0 Å². The third-order valence-electron chi connectivity index (χ3n) is 2.80. The van der Waals surface area contributed by atoms with Crippen molar-refractivity contribution in [1.29, 1.82) is 0 Å². The number of aromatic nitrogens is 1. The molecule has 3 rings (SSSR count). The number of hydrogen-bond acceptors (Lipinski definition) is 1.